The number of hydrogen-bond acceptors (Lipinski definition) is 3. The summed E-state index contributed by atoms with van der Waals surface area (Å²) in [4.78, 5) is 29.7. The number of aromatic nitrogens is 2. The SMILES string of the molecule is Cc1cc(Br)ccc1-c1nc(C)c(CC(=O)O)c(=O)[nH]1. The molecule has 0 aliphatic heterocycles. The average molecular weight is 337 g/mol. The number of benzene rings is 1. The van der Waals surface area contributed by atoms with Crippen molar-refractivity contribution in [2.24, 2.45) is 0 Å². The normalized spacial score (nSPS) is 10.6. The van der Waals surface area contributed by atoms with Gasteiger partial charge < -0.3 is 10.1 Å². The van der Waals surface area contributed by atoms with Gasteiger partial charge in [-0.25, -0.2) is 4.98 Å². The molecule has 5 nitrogen and oxygen atoms in total. The van der Waals surface area contributed by atoms with Gasteiger partial charge in [-0.05, 0) is 37.6 Å². The van der Waals surface area contributed by atoms with Crippen molar-refractivity contribution in [3.8, 4) is 11.4 Å². The predicted molar refractivity (Wildman–Crippen MR) is 78.8 cm³/mol. The average Bonchev–Trinajstić information content (AvgIpc) is 2.33. The third kappa shape index (κ3) is 2.96. The Bertz CT molecular complexity index is 738. The lowest BCUT2D eigenvalue weighted by Crippen LogP contribution is -2.20. The Kier molecular flexibility index (Phi) is 4.04. The van der Waals surface area contributed by atoms with Crippen LogP contribution < -0.4 is 5.56 Å². The van der Waals surface area contributed by atoms with Gasteiger partial charge in [-0.1, -0.05) is 15.9 Å². The number of H-pyrrole nitrogens is 1. The van der Waals surface area contributed by atoms with Crippen LogP contribution in [0.15, 0.2) is 27.5 Å². The first-order chi connectivity index (χ1) is 9.38. The summed E-state index contributed by atoms with van der Waals surface area (Å²) in [5, 5.41) is 8.79. The maximum atomic E-state index is 12.0. The predicted octanol–water partition coefficient (Wildman–Crippen LogP) is 2.44. The zero-order valence-electron chi connectivity index (χ0n) is 11.0. The Hall–Kier alpha value is -1.95. The molecule has 0 unspecified atom stereocenters. The van der Waals surface area contributed by atoms with Crippen LogP contribution in [-0.2, 0) is 11.2 Å². The van der Waals surface area contributed by atoms with Crippen LogP contribution in [0.4, 0.5) is 0 Å². The van der Waals surface area contributed by atoms with Crippen molar-refractivity contribution < 1.29 is 9.90 Å². The monoisotopic (exact) mass is 336 g/mol. The molecule has 2 rings (SSSR count). The van der Waals surface area contributed by atoms with Gasteiger partial charge in [0.1, 0.15) is 5.82 Å². The van der Waals surface area contributed by atoms with Crippen molar-refractivity contribution >= 4 is 21.9 Å². The molecular weight excluding hydrogens is 324 g/mol. The molecule has 0 aliphatic rings. The molecule has 0 bridgehead atoms. The van der Waals surface area contributed by atoms with E-state index in [9.17, 15) is 9.59 Å². The van der Waals surface area contributed by atoms with Gasteiger partial charge in [0.2, 0.25) is 0 Å². The van der Waals surface area contributed by atoms with Crippen LogP contribution in [0.5, 0.6) is 0 Å². The molecule has 104 valence electrons. The number of hydrogen-bond donors (Lipinski definition) is 2. The minimum absolute atomic E-state index is 0.191. The van der Waals surface area contributed by atoms with E-state index in [2.05, 4.69) is 25.9 Å². The summed E-state index contributed by atoms with van der Waals surface area (Å²) in [5.41, 5.74) is 2.00. The molecular formula is C14H13BrN2O3. The Balaban J connectivity index is 2.55. The summed E-state index contributed by atoms with van der Waals surface area (Å²) in [5.74, 6) is -0.598. The van der Waals surface area contributed by atoms with Gasteiger partial charge in [0.25, 0.3) is 5.56 Å². The van der Waals surface area contributed by atoms with E-state index < -0.39 is 11.5 Å². The number of carboxylic acid groups (broad SMARTS) is 1. The summed E-state index contributed by atoms with van der Waals surface area (Å²) in [6.07, 6.45) is -0.326. The second kappa shape index (κ2) is 5.58. The molecule has 0 spiro atoms. The topological polar surface area (TPSA) is 83.0 Å². The molecule has 20 heavy (non-hydrogen) atoms. The number of aromatic amines is 1. The maximum absolute atomic E-state index is 12.0. The summed E-state index contributed by atoms with van der Waals surface area (Å²) in [6, 6.07) is 5.65. The summed E-state index contributed by atoms with van der Waals surface area (Å²) >= 11 is 3.38. The van der Waals surface area contributed by atoms with E-state index in [1.54, 1.807) is 6.92 Å². The fraction of sp³-hybridized carbons (Fsp3) is 0.214. The Labute approximate surface area is 123 Å². The second-order valence-electron chi connectivity index (χ2n) is 4.51. The number of carbonyl (C=O) groups is 1. The third-order valence-corrected chi connectivity index (χ3v) is 3.49. The molecule has 0 atom stereocenters. The van der Waals surface area contributed by atoms with Crippen LogP contribution in [0.2, 0.25) is 0 Å². The van der Waals surface area contributed by atoms with Gasteiger partial charge in [0.05, 0.1) is 6.42 Å². The Morgan fingerprint density at radius 2 is 2.10 bits per heavy atom. The number of aryl methyl sites for hydroxylation is 2. The number of nitrogens with zero attached hydrogens (tertiary/aromatic N) is 1. The van der Waals surface area contributed by atoms with Crippen LogP contribution in [-0.4, -0.2) is 21.0 Å². The fourth-order valence-corrected chi connectivity index (χ4v) is 2.47. The van der Waals surface area contributed by atoms with Gasteiger partial charge in [-0.3, -0.25) is 9.59 Å². The van der Waals surface area contributed by atoms with Crippen molar-refractivity contribution in [1.29, 1.82) is 0 Å². The minimum Gasteiger partial charge on any atom is -0.481 e. The first kappa shape index (κ1) is 14.5. The summed E-state index contributed by atoms with van der Waals surface area (Å²) in [7, 11) is 0. The second-order valence-corrected chi connectivity index (χ2v) is 5.42. The largest absolute Gasteiger partial charge is 0.481 e. The van der Waals surface area contributed by atoms with Gasteiger partial charge in [0.15, 0.2) is 0 Å². The molecule has 6 heteroatoms. The van der Waals surface area contributed by atoms with Crippen LogP contribution >= 0.6 is 15.9 Å². The van der Waals surface area contributed by atoms with E-state index in [-0.39, 0.29) is 12.0 Å². The van der Waals surface area contributed by atoms with Crippen molar-refractivity contribution in [3.63, 3.8) is 0 Å². The molecule has 0 radical (unpaired) electrons. The molecule has 0 fully saturated rings. The molecule has 0 saturated carbocycles. The first-order valence-corrected chi connectivity index (χ1v) is 6.76. The zero-order valence-corrected chi connectivity index (χ0v) is 12.6. The number of aliphatic carboxylic acids is 1. The van der Waals surface area contributed by atoms with E-state index >= 15 is 0 Å². The van der Waals surface area contributed by atoms with Crippen LogP contribution in [0.25, 0.3) is 11.4 Å². The van der Waals surface area contributed by atoms with E-state index in [0.717, 1.165) is 15.6 Å². The highest BCUT2D eigenvalue weighted by atomic mass is 79.9. The third-order valence-electron chi connectivity index (χ3n) is 2.99. The Morgan fingerprint density at radius 3 is 2.65 bits per heavy atom. The highest BCUT2D eigenvalue weighted by molar-refractivity contribution is 9.10. The van der Waals surface area contributed by atoms with Crippen molar-refractivity contribution in [3.05, 3.63) is 49.8 Å². The molecule has 0 aliphatic carbocycles. The number of carboxylic acids is 1. The number of rotatable bonds is 3. The van der Waals surface area contributed by atoms with Gasteiger partial charge in [0, 0.05) is 21.3 Å². The lowest BCUT2D eigenvalue weighted by atomic mass is 10.1. The van der Waals surface area contributed by atoms with E-state index in [4.69, 9.17) is 5.11 Å². The highest BCUT2D eigenvalue weighted by Crippen LogP contribution is 2.23. The minimum atomic E-state index is -1.05. The molecule has 2 aromatic rings. The number of halogens is 1. The molecule has 0 saturated heterocycles. The van der Waals surface area contributed by atoms with Crippen LogP contribution in [0, 0.1) is 13.8 Å². The smallest absolute Gasteiger partial charge is 0.308 e. The fourth-order valence-electron chi connectivity index (χ4n) is 1.99. The lowest BCUT2D eigenvalue weighted by Gasteiger charge is -2.08. The quantitative estimate of drug-likeness (QED) is 0.901. The highest BCUT2D eigenvalue weighted by Gasteiger charge is 2.13. The van der Waals surface area contributed by atoms with Gasteiger partial charge >= 0.3 is 5.97 Å². The summed E-state index contributed by atoms with van der Waals surface area (Å²) in [6.45, 7) is 3.56. The zero-order chi connectivity index (χ0) is 14.9. The van der Waals surface area contributed by atoms with Crippen molar-refractivity contribution in [2.75, 3.05) is 0 Å². The molecule has 2 N–H and O–H groups in total. The Morgan fingerprint density at radius 1 is 1.40 bits per heavy atom. The van der Waals surface area contributed by atoms with Crippen molar-refractivity contribution in [2.45, 2.75) is 20.3 Å². The molecule has 1 aromatic carbocycles. The lowest BCUT2D eigenvalue weighted by molar-refractivity contribution is -0.136. The maximum Gasteiger partial charge on any atom is 0.308 e. The van der Waals surface area contributed by atoms with E-state index in [0.29, 0.717) is 11.5 Å². The standard InChI is InChI=1S/C14H13BrN2O3/c1-7-5-9(15)3-4-10(7)13-16-8(2)11(6-12(18)19)14(20)17-13/h3-5H,6H2,1-2H3,(H,18,19)(H,16,17,20). The van der Waals surface area contributed by atoms with Crippen LogP contribution in [0.1, 0.15) is 16.8 Å². The van der Waals surface area contributed by atoms with E-state index in [1.807, 2.05) is 25.1 Å². The first-order valence-electron chi connectivity index (χ1n) is 5.96. The molecule has 1 aromatic heterocycles. The van der Waals surface area contributed by atoms with E-state index in [1.165, 1.54) is 0 Å². The van der Waals surface area contributed by atoms with Gasteiger partial charge in [-0.2, -0.15) is 0 Å². The summed E-state index contributed by atoms with van der Waals surface area (Å²) < 4.78 is 0.945. The molecule has 1 heterocycles. The van der Waals surface area contributed by atoms with Crippen LogP contribution in [0.3, 0.4) is 0 Å². The molecule has 0 amide bonds. The van der Waals surface area contributed by atoms with Crippen molar-refractivity contribution in [1.82, 2.24) is 9.97 Å². The number of nitrogens with one attached hydrogen (secondary N) is 1. The van der Waals surface area contributed by atoms with Gasteiger partial charge in [-0.15, -0.1) is 0 Å².